The minimum absolute atomic E-state index is 0.117. The van der Waals surface area contributed by atoms with Crippen molar-refractivity contribution in [2.45, 2.75) is 110 Å². The van der Waals surface area contributed by atoms with Gasteiger partial charge in [0, 0.05) is 35.0 Å². The molecular formula is C31H48ClN3O5. The summed E-state index contributed by atoms with van der Waals surface area (Å²) in [4.78, 5) is 41.5. The number of nitrogens with zero attached hydrogens (tertiary/aromatic N) is 1. The summed E-state index contributed by atoms with van der Waals surface area (Å²) in [5.41, 5.74) is -2.07. The van der Waals surface area contributed by atoms with E-state index in [1.165, 1.54) is 0 Å². The van der Waals surface area contributed by atoms with Crippen LogP contribution in [0.3, 0.4) is 0 Å². The molecule has 1 aliphatic heterocycles. The predicted octanol–water partition coefficient (Wildman–Crippen LogP) is 5.40. The molecule has 9 heteroatoms. The van der Waals surface area contributed by atoms with Gasteiger partial charge in [0.05, 0.1) is 5.60 Å². The molecule has 1 aliphatic carbocycles. The summed E-state index contributed by atoms with van der Waals surface area (Å²) in [7, 11) is 0. The molecule has 4 atom stereocenters. The Labute approximate surface area is 244 Å². The lowest BCUT2D eigenvalue weighted by atomic mass is 9.66. The van der Waals surface area contributed by atoms with Crippen LogP contribution in [0.2, 0.25) is 5.02 Å². The van der Waals surface area contributed by atoms with Crippen LogP contribution >= 0.6 is 11.6 Å². The van der Waals surface area contributed by atoms with Crippen LogP contribution in [0.15, 0.2) is 24.3 Å². The largest absolute Gasteiger partial charge is 0.444 e. The van der Waals surface area contributed by atoms with Crippen molar-refractivity contribution in [1.82, 2.24) is 15.5 Å². The SMILES string of the molecule is CCC1(NC(=O)OC(C)(C)C)CC[C@@H](C(=O)N[C@@H](C(=O)N2CC[C@](O)(c3ccc(Cl)cc3)C(C)(C)C2)C(C)C)C1. The van der Waals surface area contributed by atoms with E-state index in [9.17, 15) is 19.5 Å². The van der Waals surface area contributed by atoms with Crippen molar-refractivity contribution in [3.63, 3.8) is 0 Å². The zero-order chi connectivity index (χ0) is 30.1. The second kappa shape index (κ2) is 11.9. The van der Waals surface area contributed by atoms with Gasteiger partial charge in [-0.25, -0.2) is 4.79 Å². The lowest BCUT2D eigenvalue weighted by molar-refractivity contribution is -0.157. The molecule has 3 rings (SSSR count). The van der Waals surface area contributed by atoms with E-state index in [2.05, 4.69) is 10.6 Å². The molecule has 2 aliphatic rings. The van der Waals surface area contributed by atoms with E-state index in [-0.39, 0.29) is 23.7 Å². The average molecular weight is 578 g/mol. The zero-order valence-corrected chi connectivity index (χ0v) is 26.2. The first kappa shape index (κ1) is 32.2. The second-order valence-electron chi connectivity index (χ2n) is 13.7. The number of aliphatic hydroxyl groups is 1. The summed E-state index contributed by atoms with van der Waals surface area (Å²) < 4.78 is 5.46. The molecule has 0 radical (unpaired) electrons. The van der Waals surface area contributed by atoms with Gasteiger partial charge in [-0.2, -0.15) is 0 Å². The highest BCUT2D eigenvalue weighted by Crippen LogP contribution is 2.46. The second-order valence-corrected chi connectivity index (χ2v) is 14.1. The van der Waals surface area contributed by atoms with Crippen LogP contribution in [0.1, 0.15) is 93.1 Å². The maximum absolute atomic E-state index is 13.8. The van der Waals surface area contributed by atoms with Gasteiger partial charge in [-0.1, -0.05) is 58.4 Å². The molecule has 1 heterocycles. The number of amides is 3. The van der Waals surface area contributed by atoms with E-state index in [1.807, 2.05) is 67.5 Å². The van der Waals surface area contributed by atoms with E-state index >= 15 is 0 Å². The van der Waals surface area contributed by atoms with Gasteiger partial charge in [0.1, 0.15) is 11.6 Å². The van der Waals surface area contributed by atoms with E-state index in [0.717, 1.165) is 5.56 Å². The third kappa shape index (κ3) is 7.11. The highest BCUT2D eigenvalue weighted by atomic mass is 35.5. The monoisotopic (exact) mass is 577 g/mol. The molecule has 1 saturated carbocycles. The summed E-state index contributed by atoms with van der Waals surface area (Å²) in [6.45, 7) is 16.0. The smallest absolute Gasteiger partial charge is 0.408 e. The molecule has 8 nitrogen and oxygen atoms in total. The van der Waals surface area contributed by atoms with Crippen LogP contribution < -0.4 is 10.6 Å². The minimum atomic E-state index is -1.11. The zero-order valence-electron chi connectivity index (χ0n) is 25.4. The first-order valence-electron chi connectivity index (χ1n) is 14.5. The molecule has 1 unspecified atom stereocenters. The number of ether oxygens (including phenoxy) is 1. The molecule has 0 spiro atoms. The molecule has 0 bridgehead atoms. The van der Waals surface area contributed by atoms with Gasteiger partial charge in [-0.15, -0.1) is 0 Å². The van der Waals surface area contributed by atoms with Gasteiger partial charge in [0.2, 0.25) is 11.8 Å². The fourth-order valence-corrected chi connectivity index (χ4v) is 6.27. The Hall–Kier alpha value is -2.32. The minimum Gasteiger partial charge on any atom is -0.444 e. The quantitative estimate of drug-likeness (QED) is 0.402. The Kier molecular flexibility index (Phi) is 9.57. The molecule has 0 aromatic heterocycles. The number of rotatable bonds is 7. The fourth-order valence-electron chi connectivity index (χ4n) is 6.15. The Morgan fingerprint density at radius 2 is 1.77 bits per heavy atom. The Bertz CT molecular complexity index is 1080. The highest BCUT2D eigenvalue weighted by Gasteiger charge is 2.50. The van der Waals surface area contributed by atoms with Gasteiger partial charge in [0.15, 0.2) is 0 Å². The number of hydrogen-bond acceptors (Lipinski definition) is 5. The van der Waals surface area contributed by atoms with Crippen molar-refractivity contribution in [2.24, 2.45) is 17.3 Å². The average Bonchev–Trinajstić information content (AvgIpc) is 3.27. The highest BCUT2D eigenvalue weighted by molar-refractivity contribution is 6.30. The van der Waals surface area contributed by atoms with E-state index in [0.29, 0.717) is 50.2 Å². The molecule has 1 aromatic rings. The van der Waals surface area contributed by atoms with Crippen LogP contribution in [0.4, 0.5) is 4.79 Å². The maximum Gasteiger partial charge on any atom is 0.408 e. The summed E-state index contributed by atoms with van der Waals surface area (Å²) in [6, 6.07) is 6.54. The Balaban J connectivity index is 1.67. The molecule has 1 aromatic carbocycles. The third-order valence-electron chi connectivity index (χ3n) is 8.74. The lowest BCUT2D eigenvalue weighted by Crippen LogP contribution is -2.60. The number of alkyl carbamates (subject to hydrolysis) is 1. The van der Waals surface area contributed by atoms with Crippen molar-refractivity contribution < 1.29 is 24.2 Å². The van der Waals surface area contributed by atoms with Gasteiger partial charge < -0.3 is 25.4 Å². The van der Waals surface area contributed by atoms with E-state index in [4.69, 9.17) is 16.3 Å². The van der Waals surface area contributed by atoms with Crippen molar-refractivity contribution >= 4 is 29.5 Å². The number of carbonyl (C=O) groups excluding carboxylic acids is 3. The Morgan fingerprint density at radius 1 is 1.15 bits per heavy atom. The predicted molar refractivity (Wildman–Crippen MR) is 157 cm³/mol. The molecule has 224 valence electrons. The maximum atomic E-state index is 13.8. The molecule has 3 amide bonds. The normalized spacial score (nSPS) is 27.3. The van der Waals surface area contributed by atoms with Gasteiger partial charge >= 0.3 is 6.09 Å². The number of piperidine rings is 1. The molecule has 1 saturated heterocycles. The molecule has 2 fully saturated rings. The van der Waals surface area contributed by atoms with Crippen molar-refractivity contribution in [3.8, 4) is 0 Å². The fraction of sp³-hybridized carbons (Fsp3) is 0.710. The summed E-state index contributed by atoms with van der Waals surface area (Å²) >= 11 is 6.06. The summed E-state index contributed by atoms with van der Waals surface area (Å²) in [6.07, 6.45) is 2.38. The van der Waals surface area contributed by atoms with Gasteiger partial charge in [-0.3, -0.25) is 9.59 Å². The first-order chi connectivity index (χ1) is 18.4. The topological polar surface area (TPSA) is 108 Å². The molecular weight excluding hydrogens is 530 g/mol. The van der Waals surface area contributed by atoms with Gasteiger partial charge in [0.25, 0.3) is 0 Å². The van der Waals surface area contributed by atoms with E-state index < -0.39 is 34.3 Å². The van der Waals surface area contributed by atoms with Crippen LogP contribution in [0, 0.1) is 17.3 Å². The molecule has 40 heavy (non-hydrogen) atoms. The Morgan fingerprint density at radius 3 is 2.30 bits per heavy atom. The number of halogens is 1. The lowest BCUT2D eigenvalue weighted by Gasteiger charge is -2.51. The number of hydrogen-bond donors (Lipinski definition) is 3. The summed E-state index contributed by atoms with van der Waals surface area (Å²) in [5.74, 6) is -0.728. The van der Waals surface area contributed by atoms with Crippen molar-refractivity contribution in [2.75, 3.05) is 13.1 Å². The van der Waals surface area contributed by atoms with Crippen molar-refractivity contribution in [3.05, 3.63) is 34.9 Å². The van der Waals surface area contributed by atoms with Crippen LogP contribution in [-0.4, -0.2) is 58.2 Å². The van der Waals surface area contributed by atoms with Crippen LogP contribution in [0.25, 0.3) is 0 Å². The molecule has 3 N–H and O–H groups in total. The van der Waals surface area contributed by atoms with Crippen LogP contribution in [0.5, 0.6) is 0 Å². The third-order valence-corrected chi connectivity index (χ3v) is 8.99. The first-order valence-corrected chi connectivity index (χ1v) is 14.9. The summed E-state index contributed by atoms with van der Waals surface area (Å²) in [5, 5.41) is 18.4. The van der Waals surface area contributed by atoms with Crippen LogP contribution in [-0.2, 0) is 19.9 Å². The number of likely N-dealkylation sites (tertiary alicyclic amines) is 1. The van der Waals surface area contributed by atoms with E-state index in [1.54, 1.807) is 17.0 Å². The van der Waals surface area contributed by atoms with Crippen molar-refractivity contribution in [1.29, 1.82) is 0 Å². The number of benzene rings is 1. The van der Waals surface area contributed by atoms with Gasteiger partial charge in [-0.05, 0) is 76.5 Å². The standard InChI is InChI=1S/C31H48ClN3O5/c1-9-30(34-27(38)40-28(4,5)6)15-14-21(18-30)25(36)33-24(20(2)3)26(37)35-17-16-31(39,29(7,8)19-35)22-10-12-23(32)13-11-22/h10-13,20-21,24,39H,9,14-19H2,1-8H3,(H,33,36)(H,34,38)/t21-,24-,30?,31+/m1/s1. The number of carbonyl (C=O) groups is 3. The number of nitrogens with one attached hydrogen (secondary N) is 2.